The molecule has 0 spiro atoms. The average Bonchev–Trinajstić information content (AvgIpc) is 2.42. The molecule has 0 amide bonds. The van der Waals surface area contributed by atoms with Crippen molar-refractivity contribution in [2.45, 2.75) is 23.3 Å². The van der Waals surface area contributed by atoms with Crippen LogP contribution < -0.4 is 5.32 Å². The standard InChI is InChI=1S/C14H14F2N2S/c1-2-8-17-13-11(15)9-12(16)14(18-13)19-10-6-4-3-5-7-10/h3-7,9H,2,8H2,1H3,(H,17,18). The monoisotopic (exact) mass is 280 g/mol. The maximum absolute atomic E-state index is 13.7. The van der Waals surface area contributed by atoms with Crippen molar-refractivity contribution in [3.8, 4) is 0 Å². The van der Waals surface area contributed by atoms with E-state index >= 15 is 0 Å². The van der Waals surface area contributed by atoms with E-state index in [1.165, 1.54) is 11.8 Å². The van der Waals surface area contributed by atoms with Gasteiger partial charge >= 0.3 is 0 Å². The quantitative estimate of drug-likeness (QED) is 0.882. The normalized spacial score (nSPS) is 10.5. The first kappa shape index (κ1) is 13.8. The molecule has 0 unspecified atom stereocenters. The van der Waals surface area contributed by atoms with Gasteiger partial charge in [-0.25, -0.2) is 13.8 Å². The van der Waals surface area contributed by atoms with Gasteiger partial charge in [0.05, 0.1) is 0 Å². The summed E-state index contributed by atoms with van der Waals surface area (Å²) in [6.07, 6.45) is 0.847. The Morgan fingerprint density at radius 1 is 1.16 bits per heavy atom. The Bertz CT molecular complexity index is 547. The number of aromatic nitrogens is 1. The second-order valence-corrected chi connectivity index (χ2v) is 5.01. The van der Waals surface area contributed by atoms with Crippen molar-refractivity contribution >= 4 is 17.6 Å². The van der Waals surface area contributed by atoms with Crippen molar-refractivity contribution in [3.05, 3.63) is 48.0 Å². The summed E-state index contributed by atoms with van der Waals surface area (Å²) >= 11 is 1.18. The molecule has 2 aromatic rings. The van der Waals surface area contributed by atoms with Crippen LogP contribution in [0.4, 0.5) is 14.6 Å². The summed E-state index contributed by atoms with van der Waals surface area (Å²) in [7, 11) is 0. The Hall–Kier alpha value is -1.62. The van der Waals surface area contributed by atoms with E-state index in [4.69, 9.17) is 0 Å². The molecule has 0 saturated carbocycles. The molecule has 0 aliphatic rings. The number of rotatable bonds is 5. The molecule has 2 nitrogen and oxygen atoms in total. The minimum Gasteiger partial charge on any atom is -0.368 e. The van der Waals surface area contributed by atoms with Crippen LogP contribution in [0.5, 0.6) is 0 Å². The predicted octanol–water partition coefficient (Wildman–Crippen LogP) is 4.33. The molecular formula is C14H14F2N2S. The summed E-state index contributed by atoms with van der Waals surface area (Å²) < 4.78 is 27.2. The molecule has 1 aromatic carbocycles. The van der Waals surface area contributed by atoms with Gasteiger partial charge in [0.2, 0.25) is 0 Å². The van der Waals surface area contributed by atoms with Gasteiger partial charge in [-0.15, -0.1) is 0 Å². The Labute approximate surface area is 115 Å². The number of nitrogens with zero attached hydrogens (tertiary/aromatic N) is 1. The average molecular weight is 280 g/mol. The van der Waals surface area contributed by atoms with Gasteiger partial charge in [0.1, 0.15) is 5.03 Å². The molecule has 0 bridgehead atoms. The predicted molar refractivity (Wildman–Crippen MR) is 73.5 cm³/mol. The van der Waals surface area contributed by atoms with Crippen molar-refractivity contribution in [3.63, 3.8) is 0 Å². The number of hydrogen-bond donors (Lipinski definition) is 1. The van der Waals surface area contributed by atoms with Crippen molar-refractivity contribution in [2.24, 2.45) is 0 Å². The van der Waals surface area contributed by atoms with Crippen molar-refractivity contribution in [1.29, 1.82) is 0 Å². The highest BCUT2D eigenvalue weighted by Crippen LogP contribution is 2.30. The molecule has 0 aliphatic heterocycles. The van der Waals surface area contributed by atoms with Crippen LogP contribution in [0.1, 0.15) is 13.3 Å². The summed E-state index contributed by atoms with van der Waals surface area (Å²) in [5, 5.41) is 3.02. The first-order valence-corrected chi connectivity index (χ1v) is 6.85. The molecule has 100 valence electrons. The lowest BCUT2D eigenvalue weighted by Crippen LogP contribution is -2.06. The first-order chi connectivity index (χ1) is 9.20. The van der Waals surface area contributed by atoms with Gasteiger partial charge in [-0.05, 0) is 18.6 Å². The lowest BCUT2D eigenvalue weighted by atomic mass is 10.4. The third-order valence-corrected chi connectivity index (χ3v) is 3.39. The largest absolute Gasteiger partial charge is 0.368 e. The van der Waals surface area contributed by atoms with E-state index < -0.39 is 11.6 Å². The second-order valence-electron chi connectivity index (χ2n) is 3.95. The Morgan fingerprint density at radius 3 is 2.58 bits per heavy atom. The van der Waals surface area contributed by atoms with Crippen LogP contribution in [-0.2, 0) is 0 Å². The molecule has 0 fully saturated rings. The first-order valence-electron chi connectivity index (χ1n) is 6.03. The highest BCUT2D eigenvalue weighted by atomic mass is 32.2. The lowest BCUT2D eigenvalue weighted by Gasteiger charge is -2.08. The second kappa shape index (κ2) is 6.52. The number of hydrogen-bond acceptors (Lipinski definition) is 3. The minimum absolute atomic E-state index is 0.0988. The molecule has 0 atom stereocenters. The molecule has 2 rings (SSSR count). The SMILES string of the molecule is CCCNc1nc(Sc2ccccc2)c(F)cc1F. The fourth-order valence-electron chi connectivity index (χ4n) is 1.49. The van der Waals surface area contributed by atoms with E-state index in [-0.39, 0.29) is 10.8 Å². The van der Waals surface area contributed by atoms with Crippen LogP contribution in [0.3, 0.4) is 0 Å². The van der Waals surface area contributed by atoms with Crippen molar-refractivity contribution in [1.82, 2.24) is 4.98 Å². The topological polar surface area (TPSA) is 24.9 Å². The smallest absolute Gasteiger partial charge is 0.168 e. The highest BCUT2D eigenvalue weighted by Gasteiger charge is 2.12. The molecule has 0 aliphatic carbocycles. The fourth-order valence-corrected chi connectivity index (χ4v) is 2.30. The maximum Gasteiger partial charge on any atom is 0.168 e. The van der Waals surface area contributed by atoms with Gasteiger partial charge in [-0.3, -0.25) is 0 Å². The molecule has 1 heterocycles. The number of anilines is 1. The molecule has 1 aromatic heterocycles. The van der Waals surface area contributed by atoms with Crippen LogP contribution in [-0.4, -0.2) is 11.5 Å². The fraction of sp³-hybridized carbons (Fsp3) is 0.214. The van der Waals surface area contributed by atoms with E-state index in [9.17, 15) is 8.78 Å². The van der Waals surface area contributed by atoms with E-state index in [1.807, 2.05) is 37.3 Å². The minimum atomic E-state index is -0.664. The highest BCUT2D eigenvalue weighted by molar-refractivity contribution is 7.99. The summed E-state index contributed by atoms with van der Waals surface area (Å²) in [6.45, 7) is 2.57. The van der Waals surface area contributed by atoms with Crippen LogP contribution in [0, 0.1) is 11.6 Å². The molecule has 0 saturated heterocycles. The van der Waals surface area contributed by atoms with E-state index in [0.29, 0.717) is 6.54 Å². The number of pyridine rings is 1. The van der Waals surface area contributed by atoms with Gasteiger partial charge in [-0.2, -0.15) is 0 Å². The molecular weight excluding hydrogens is 266 g/mol. The Balaban J connectivity index is 2.24. The van der Waals surface area contributed by atoms with Crippen LogP contribution >= 0.6 is 11.8 Å². The number of benzene rings is 1. The summed E-state index contributed by atoms with van der Waals surface area (Å²) in [4.78, 5) is 4.87. The van der Waals surface area contributed by atoms with Gasteiger partial charge < -0.3 is 5.32 Å². The van der Waals surface area contributed by atoms with E-state index in [2.05, 4.69) is 10.3 Å². The van der Waals surface area contributed by atoms with Gasteiger partial charge in [0.25, 0.3) is 0 Å². The molecule has 5 heteroatoms. The van der Waals surface area contributed by atoms with Gasteiger partial charge in [0, 0.05) is 17.5 Å². The van der Waals surface area contributed by atoms with Crippen LogP contribution in [0.25, 0.3) is 0 Å². The molecule has 19 heavy (non-hydrogen) atoms. The Kier molecular flexibility index (Phi) is 4.74. The summed E-state index contributed by atoms with van der Waals surface area (Å²) in [5.74, 6) is -1.21. The molecule has 1 N–H and O–H groups in total. The zero-order chi connectivity index (χ0) is 13.7. The van der Waals surface area contributed by atoms with Crippen molar-refractivity contribution in [2.75, 3.05) is 11.9 Å². The van der Waals surface area contributed by atoms with Gasteiger partial charge in [0.15, 0.2) is 17.5 Å². The van der Waals surface area contributed by atoms with Crippen LogP contribution in [0.2, 0.25) is 0 Å². The van der Waals surface area contributed by atoms with E-state index in [1.54, 1.807) is 0 Å². The zero-order valence-electron chi connectivity index (χ0n) is 10.5. The Morgan fingerprint density at radius 2 is 1.89 bits per heavy atom. The van der Waals surface area contributed by atoms with E-state index in [0.717, 1.165) is 17.4 Å². The third kappa shape index (κ3) is 3.67. The summed E-state index contributed by atoms with van der Waals surface area (Å²) in [5.41, 5.74) is 0. The molecule has 0 radical (unpaired) electrons. The summed E-state index contributed by atoms with van der Waals surface area (Å²) in [6, 6.07) is 10.2. The lowest BCUT2D eigenvalue weighted by molar-refractivity contribution is 0.551. The third-order valence-electron chi connectivity index (χ3n) is 2.40. The van der Waals surface area contributed by atoms with Crippen molar-refractivity contribution < 1.29 is 8.78 Å². The number of halogens is 2. The zero-order valence-corrected chi connectivity index (χ0v) is 11.3. The van der Waals surface area contributed by atoms with Gasteiger partial charge in [-0.1, -0.05) is 36.9 Å². The maximum atomic E-state index is 13.7. The number of nitrogens with one attached hydrogen (secondary N) is 1. The van der Waals surface area contributed by atoms with Crippen LogP contribution in [0.15, 0.2) is 46.3 Å².